The molecule has 0 bridgehead atoms. The van der Waals surface area contributed by atoms with Gasteiger partial charge in [0.25, 0.3) is 0 Å². The van der Waals surface area contributed by atoms with Crippen molar-refractivity contribution in [2.24, 2.45) is 11.3 Å². The van der Waals surface area contributed by atoms with Crippen LogP contribution in [0, 0.1) is 25.2 Å². The number of benzene rings is 2. The molecule has 0 spiro atoms. The van der Waals surface area contributed by atoms with Crippen LogP contribution in [0.25, 0.3) is 23.0 Å². The Morgan fingerprint density at radius 2 is 1.86 bits per heavy atom. The fourth-order valence-corrected chi connectivity index (χ4v) is 5.16. The van der Waals surface area contributed by atoms with E-state index in [2.05, 4.69) is 114 Å². The van der Waals surface area contributed by atoms with Crippen LogP contribution in [0.4, 0.5) is 0 Å². The molecule has 0 amide bonds. The Kier molecular flexibility index (Phi) is 7.75. The molecule has 3 aromatic rings. The number of aromatic nitrogens is 2. The minimum Gasteiger partial charge on any atom is -0.491 e. The minimum absolute atomic E-state index is 0.256. The van der Waals surface area contributed by atoms with Crippen molar-refractivity contribution < 1.29 is 4.74 Å². The zero-order chi connectivity index (χ0) is 26.0. The third-order valence-electron chi connectivity index (χ3n) is 6.69. The van der Waals surface area contributed by atoms with Crippen molar-refractivity contribution in [3.8, 4) is 22.7 Å². The van der Waals surface area contributed by atoms with Crippen LogP contribution in [-0.4, -0.2) is 34.4 Å². The molecule has 0 radical (unpaired) electrons. The Morgan fingerprint density at radius 3 is 2.53 bits per heavy atom. The molecule has 192 valence electrons. The van der Waals surface area contributed by atoms with Gasteiger partial charge >= 0.3 is 0 Å². The van der Waals surface area contributed by atoms with E-state index in [0.717, 1.165) is 37.5 Å². The van der Waals surface area contributed by atoms with Crippen molar-refractivity contribution in [2.75, 3.05) is 19.7 Å². The number of aryl methyl sites for hydroxylation is 2. The van der Waals surface area contributed by atoms with Gasteiger partial charge in [-0.05, 0) is 60.9 Å². The molecule has 2 aromatic carbocycles. The van der Waals surface area contributed by atoms with E-state index < -0.39 is 0 Å². The fourth-order valence-electron chi connectivity index (χ4n) is 5.16. The lowest BCUT2D eigenvalue weighted by Gasteiger charge is -2.32. The maximum Gasteiger partial charge on any atom is 0.145 e. The molecule has 2 heterocycles. The number of allylic oxidation sites excluding steroid dienone is 1. The lowest BCUT2D eigenvalue weighted by molar-refractivity contribution is 0.176. The molecule has 36 heavy (non-hydrogen) atoms. The maximum absolute atomic E-state index is 6.34. The zero-order valence-electron chi connectivity index (χ0n) is 23.5. The second kappa shape index (κ2) is 10.6. The first-order valence-corrected chi connectivity index (χ1v) is 13.4. The molecular formula is C32H43N3O. The Bertz CT molecular complexity index is 1240. The van der Waals surface area contributed by atoms with Crippen molar-refractivity contribution in [2.45, 2.75) is 68.4 Å². The van der Waals surface area contributed by atoms with E-state index in [1.165, 1.54) is 39.2 Å². The summed E-state index contributed by atoms with van der Waals surface area (Å²) in [6.07, 6.45) is 5.25. The monoisotopic (exact) mass is 485 g/mol. The highest BCUT2D eigenvalue weighted by molar-refractivity contribution is 5.72. The van der Waals surface area contributed by atoms with Gasteiger partial charge in [-0.2, -0.15) is 5.10 Å². The van der Waals surface area contributed by atoms with Gasteiger partial charge in [-0.1, -0.05) is 71.0 Å². The molecule has 4 rings (SSSR count). The molecule has 4 nitrogen and oxygen atoms in total. The first-order valence-electron chi connectivity index (χ1n) is 13.4. The van der Waals surface area contributed by atoms with Crippen LogP contribution < -0.4 is 4.74 Å². The number of para-hydroxylation sites is 1. The highest BCUT2D eigenvalue weighted by atomic mass is 16.5. The number of fused-ring (bicyclic) bond motifs is 1. The van der Waals surface area contributed by atoms with E-state index in [4.69, 9.17) is 9.84 Å². The summed E-state index contributed by atoms with van der Waals surface area (Å²) < 4.78 is 8.52. The molecule has 1 aliphatic rings. The third kappa shape index (κ3) is 5.75. The lowest BCUT2D eigenvalue weighted by atomic mass is 9.93. The Balaban J connectivity index is 1.90. The summed E-state index contributed by atoms with van der Waals surface area (Å²) in [6, 6.07) is 13.1. The second-order valence-electron chi connectivity index (χ2n) is 11.9. The number of hydrogen-bond acceptors (Lipinski definition) is 3. The fraction of sp³-hybridized carbons (Fsp3) is 0.469. The molecule has 0 aliphatic carbocycles. The van der Waals surface area contributed by atoms with Gasteiger partial charge in [-0.3, -0.25) is 4.90 Å². The molecule has 0 fully saturated rings. The topological polar surface area (TPSA) is 30.3 Å². The Morgan fingerprint density at radius 1 is 1.08 bits per heavy atom. The predicted octanol–water partition coefficient (Wildman–Crippen LogP) is 7.63. The summed E-state index contributed by atoms with van der Waals surface area (Å²) in [5, 5.41) is 5.26. The van der Waals surface area contributed by atoms with E-state index in [9.17, 15) is 0 Å². The van der Waals surface area contributed by atoms with Crippen LogP contribution >= 0.6 is 0 Å². The first kappa shape index (κ1) is 26.2. The largest absolute Gasteiger partial charge is 0.491 e. The predicted molar refractivity (Wildman–Crippen MR) is 152 cm³/mol. The van der Waals surface area contributed by atoms with Gasteiger partial charge in [0.1, 0.15) is 11.4 Å². The lowest BCUT2D eigenvalue weighted by Crippen LogP contribution is -2.36. The molecule has 0 atom stereocenters. The molecule has 4 heteroatoms. The Hall–Kier alpha value is -2.85. The minimum atomic E-state index is 0.256. The second-order valence-corrected chi connectivity index (χ2v) is 11.9. The first-order chi connectivity index (χ1) is 17.1. The number of ether oxygens (including phenoxy) is 1. The summed E-state index contributed by atoms with van der Waals surface area (Å²) in [6.45, 7) is 21.5. The summed E-state index contributed by atoms with van der Waals surface area (Å²) in [4.78, 5) is 2.59. The van der Waals surface area contributed by atoms with Crippen molar-refractivity contribution >= 4 is 6.08 Å². The molecule has 0 saturated heterocycles. The smallest absolute Gasteiger partial charge is 0.145 e. The molecule has 0 unspecified atom stereocenters. The van der Waals surface area contributed by atoms with E-state index in [1.807, 2.05) is 0 Å². The van der Waals surface area contributed by atoms with Gasteiger partial charge in [0, 0.05) is 37.2 Å². The zero-order valence-corrected chi connectivity index (χ0v) is 23.5. The number of nitrogens with zero attached hydrogens (tertiary/aromatic N) is 3. The van der Waals surface area contributed by atoms with Gasteiger partial charge in [0.15, 0.2) is 0 Å². The Labute approximate surface area is 218 Å². The standard InChI is InChI=1S/C32H43N3O/c1-9-11-25-14-15-26(18-24(25)5)31-27-19-34(21-32(6,7)8)17-16-28(27)33-35(31)30-23(4)12-10-13-29(30)36-20-22(2)3/h9-15,18,22H,16-17,19-21H2,1-8H3/b11-9-. The van der Waals surface area contributed by atoms with Gasteiger partial charge < -0.3 is 4.74 Å². The summed E-state index contributed by atoms with van der Waals surface area (Å²) in [7, 11) is 0. The van der Waals surface area contributed by atoms with Crippen LogP contribution in [0.3, 0.4) is 0 Å². The van der Waals surface area contributed by atoms with Crippen LogP contribution in [0.5, 0.6) is 5.75 Å². The van der Waals surface area contributed by atoms with E-state index in [0.29, 0.717) is 12.5 Å². The van der Waals surface area contributed by atoms with Crippen LogP contribution in [-0.2, 0) is 13.0 Å². The van der Waals surface area contributed by atoms with Crippen molar-refractivity contribution in [3.63, 3.8) is 0 Å². The normalized spacial score (nSPS) is 14.6. The van der Waals surface area contributed by atoms with Gasteiger partial charge in [-0.15, -0.1) is 0 Å². The number of rotatable bonds is 7. The highest BCUT2D eigenvalue weighted by Gasteiger charge is 2.29. The molecular weight excluding hydrogens is 442 g/mol. The average molecular weight is 486 g/mol. The van der Waals surface area contributed by atoms with Crippen molar-refractivity contribution in [1.29, 1.82) is 0 Å². The van der Waals surface area contributed by atoms with E-state index >= 15 is 0 Å². The highest BCUT2D eigenvalue weighted by Crippen LogP contribution is 2.38. The van der Waals surface area contributed by atoms with E-state index in [1.54, 1.807) is 0 Å². The van der Waals surface area contributed by atoms with Gasteiger partial charge in [0.05, 0.1) is 18.0 Å². The summed E-state index contributed by atoms with van der Waals surface area (Å²) in [5.74, 6) is 1.36. The summed E-state index contributed by atoms with van der Waals surface area (Å²) in [5.41, 5.74) is 9.98. The van der Waals surface area contributed by atoms with Gasteiger partial charge in [0.2, 0.25) is 0 Å². The van der Waals surface area contributed by atoms with Crippen LogP contribution in [0.15, 0.2) is 42.5 Å². The average Bonchev–Trinajstić information content (AvgIpc) is 3.16. The van der Waals surface area contributed by atoms with Crippen LogP contribution in [0.2, 0.25) is 0 Å². The number of hydrogen-bond donors (Lipinski definition) is 0. The molecule has 0 N–H and O–H groups in total. The van der Waals surface area contributed by atoms with E-state index in [-0.39, 0.29) is 5.41 Å². The summed E-state index contributed by atoms with van der Waals surface area (Å²) >= 11 is 0. The third-order valence-corrected chi connectivity index (χ3v) is 6.69. The molecule has 1 aromatic heterocycles. The van der Waals surface area contributed by atoms with Gasteiger partial charge in [-0.25, -0.2) is 4.68 Å². The van der Waals surface area contributed by atoms with Crippen LogP contribution in [0.1, 0.15) is 69.5 Å². The quantitative estimate of drug-likeness (QED) is 0.345. The van der Waals surface area contributed by atoms with Crippen molar-refractivity contribution in [1.82, 2.24) is 14.7 Å². The van der Waals surface area contributed by atoms with Crippen molar-refractivity contribution in [3.05, 3.63) is 70.4 Å². The molecule has 1 aliphatic heterocycles. The molecule has 0 saturated carbocycles. The maximum atomic E-state index is 6.34. The SMILES string of the molecule is C/C=C\c1ccc(-c2c3c(nn2-c2c(C)cccc2OCC(C)C)CCN(CC(C)(C)C)C3)cc1C.